The zero-order chi connectivity index (χ0) is 12.8. The predicted octanol–water partition coefficient (Wildman–Crippen LogP) is 1.85. The van der Waals surface area contributed by atoms with Crippen molar-refractivity contribution in [2.24, 2.45) is 16.7 Å². The van der Waals surface area contributed by atoms with E-state index in [1.807, 2.05) is 0 Å². The minimum atomic E-state index is -2.89. The zero-order valence-corrected chi connectivity index (χ0v) is 11.8. The van der Waals surface area contributed by atoms with E-state index in [-0.39, 0.29) is 22.7 Å². The van der Waals surface area contributed by atoms with Crippen molar-refractivity contribution in [3.8, 4) is 0 Å². The SMILES string of the molecule is CC1(C)C(C(O)CCCS(C)(=O)=O)C1(C)C. The molecule has 1 atom stereocenters. The summed E-state index contributed by atoms with van der Waals surface area (Å²) in [4.78, 5) is 0. The molecule has 1 rings (SSSR count). The highest BCUT2D eigenvalue weighted by molar-refractivity contribution is 7.90. The van der Waals surface area contributed by atoms with Crippen molar-refractivity contribution in [3.05, 3.63) is 0 Å². The van der Waals surface area contributed by atoms with Gasteiger partial charge in [0.1, 0.15) is 9.84 Å². The first-order valence-corrected chi connectivity index (χ1v) is 7.92. The Labute approximate surface area is 99.2 Å². The van der Waals surface area contributed by atoms with Crippen molar-refractivity contribution in [2.45, 2.75) is 46.6 Å². The molecule has 0 aliphatic heterocycles. The summed E-state index contributed by atoms with van der Waals surface area (Å²) in [6, 6.07) is 0. The molecule has 1 unspecified atom stereocenters. The van der Waals surface area contributed by atoms with E-state index in [0.717, 1.165) is 0 Å². The fourth-order valence-electron chi connectivity index (χ4n) is 2.93. The van der Waals surface area contributed by atoms with Crippen LogP contribution in [-0.2, 0) is 9.84 Å². The van der Waals surface area contributed by atoms with Gasteiger partial charge in [0.05, 0.1) is 6.10 Å². The standard InChI is InChI=1S/C12H24O3S/c1-11(2)10(12(11,3)4)9(13)7-6-8-16(5,14)15/h9-10,13H,6-8H2,1-5H3. The number of rotatable bonds is 5. The highest BCUT2D eigenvalue weighted by Gasteiger charge is 2.66. The van der Waals surface area contributed by atoms with E-state index in [4.69, 9.17) is 0 Å². The minimum Gasteiger partial charge on any atom is -0.393 e. The van der Waals surface area contributed by atoms with E-state index in [9.17, 15) is 13.5 Å². The maximum absolute atomic E-state index is 11.0. The first kappa shape index (κ1) is 14.0. The van der Waals surface area contributed by atoms with Gasteiger partial charge in [-0.05, 0) is 29.6 Å². The Morgan fingerprint density at radius 3 is 1.94 bits per heavy atom. The van der Waals surface area contributed by atoms with Crippen LogP contribution >= 0.6 is 0 Å². The monoisotopic (exact) mass is 248 g/mol. The van der Waals surface area contributed by atoms with Crippen LogP contribution in [0.4, 0.5) is 0 Å². The van der Waals surface area contributed by atoms with E-state index in [2.05, 4.69) is 27.7 Å². The van der Waals surface area contributed by atoms with Crippen molar-refractivity contribution < 1.29 is 13.5 Å². The van der Waals surface area contributed by atoms with Gasteiger partial charge < -0.3 is 5.11 Å². The smallest absolute Gasteiger partial charge is 0.147 e. The van der Waals surface area contributed by atoms with Crippen LogP contribution in [0.3, 0.4) is 0 Å². The molecular formula is C12H24O3S. The number of hydrogen-bond donors (Lipinski definition) is 1. The molecule has 1 saturated carbocycles. The van der Waals surface area contributed by atoms with E-state index in [1.165, 1.54) is 6.26 Å². The molecule has 16 heavy (non-hydrogen) atoms. The van der Waals surface area contributed by atoms with Crippen molar-refractivity contribution >= 4 is 9.84 Å². The Hall–Kier alpha value is -0.0900. The van der Waals surface area contributed by atoms with Gasteiger partial charge in [-0.2, -0.15) is 0 Å². The highest BCUT2D eigenvalue weighted by Crippen LogP contribution is 2.69. The summed E-state index contributed by atoms with van der Waals surface area (Å²) < 4.78 is 21.9. The first-order valence-electron chi connectivity index (χ1n) is 5.86. The third-order valence-corrected chi connectivity index (χ3v) is 5.56. The lowest BCUT2D eigenvalue weighted by molar-refractivity contribution is 0.119. The zero-order valence-electron chi connectivity index (χ0n) is 10.9. The summed E-state index contributed by atoms with van der Waals surface area (Å²) in [5.41, 5.74) is 0.328. The molecule has 1 aliphatic rings. The van der Waals surface area contributed by atoms with Crippen LogP contribution in [0.15, 0.2) is 0 Å². The molecule has 1 fully saturated rings. The van der Waals surface area contributed by atoms with Crippen LogP contribution in [-0.4, -0.2) is 31.6 Å². The first-order chi connectivity index (χ1) is 7.00. The van der Waals surface area contributed by atoms with Crippen molar-refractivity contribution in [1.29, 1.82) is 0 Å². The Balaban J connectivity index is 2.42. The third-order valence-electron chi connectivity index (χ3n) is 4.53. The van der Waals surface area contributed by atoms with E-state index < -0.39 is 9.84 Å². The Morgan fingerprint density at radius 1 is 1.19 bits per heavy atom. The Kier molecular flexibility index (Phi) is 3.48. The largest absolute Gasteiger partial charge is 0.393 e. The molecular weight excluding hydrogens is 224 g/mol. The van der Waals surface area contributed by atoms with Crippen LogP contribution in [0.1, 0.15) is 40.5 Å². The Bertz CT molecular complexity index is 340. The molecule has 0 spiro atoms. The Morgan fingerprint density at radius 2 is 1.62 bits per heavy atom. The quantitative estimate of drug-likeness (QED) is 0.808. The molecule has 0 aromatic rings. The average molecular weight is 248 g/mol. The van der Waals surface area contributed by atoms with Crippen molar-refractivity contribution in [3.63, 3.8) is 0 Å². The fraction of sp³-hybridized carbons (Fsp3) is 1.00. The molecule has 0 heterocycles. The van der Waals surface area contributed by atoms with Gasteiger partial charge in [-0.15, -0.1) is 0 Å². The lowest BCUT2D eigenvalue weighted by Crippen LogP contribution is -2.16. The number of aliphatic hydroxyl groups is 1. The molecule has 0 aromatic carbocycles. The normalized spacial score (nSPS) is 25.4. The van der Waals surface area contributed by atoms with Crippen LogP contribution in [0.5, 0.6) is 0 Å². The second-order valence-electron chi connectivity index (χ2n) is 6.26. The maximum atomic E-state index is 11.0. The van der Waals surface area contributed by atoms with E-state index >= 15 is 0 Å². The van der Waals surface area contributed by atoms with Crippen molar-refractivity contribution in [1.82, 2.24) is 0 Å². The number of aliphatic hydroxyl groups excluding tert-OH is 1. The molecule has 3 nitrogen and oxygen atoms in total. The molecule has 0 amide bonds. The summed E-state index contributed by atoms with van der Waals surface area (Å²) in [5, 5.41) is 10.1. The second kappa shape index (κ2) is 3.98. The predicted molar refractivity (Wildman–Crippen MR) is 66.0 cm³/mol. The van der Waals surface area contributed by atoms with E-state index in [1.54, 1.807) is 0 Å². The van der Waals surface area contributed by atoms with Gasteiger partial charge in [-0.3, -0.25) is 0 Å². The number of sulfone groups is 1. The summed E-state index contributed by atoms with van der Waals surface area (Å²) in [6.07, 6.45) is 2.02. The summed E-state index contributed by atoms with van der Waals surface area (Å²) >= 11 is 0. The van der Waals surface area contributed by atoms with Gasteiger partial charge in [0, 0.05) is 12.0 Å². The maximum Gasteiger partial charge on any atom is 0.147 e. The van der Waals surface area contributed by atoms with Crippen LogP contribution < -0.4 is 0 Å². The van der Waals surface area contributed by atoms with Gasteiger partial charge in [0.2, 0.25) is 0 Å². The molecule has 4 heteroatoms. The summed E-state index contributed by atoms with van der Waals surface area (Å²) in [5.74, 6) is 0.469. The molecule has 96 valence electrons. The molecule has 1 aliphatic carbocycles. The molecule has 1 N–H and O–H groups in total. The van der Waals surface area contributed by atoms with Crippen LogP contribution in [0.2, 0.25) is 0 Å². The summed E-state index contributed by atoms with van der Waals surface area (Å²) in [7, 11) is -2.89. The summed E-state index contributed by atoms with van der Waals surface area (Å²) in [6.45, 7) is 8.66. The van der Waals surface area contributed by atoms with Crippen LogP contribution in [0.25, 0.3) is 0 Å². The lowest BCUT2D eigenvalue weighted by Gasteiger charge is -2.12. The minimum absolute atomic E-state index is 0.164. The lowest BCUT2D eigenvalue weighted by atomic mass is 10.0. The van der Waals surface area contributed by atoms with Gasteiger partial charge in [-0.25, -0.2) is 8.42 Å². The van der Waals surface area contributed by atoms with E-state index in [0.29, 0.717) is 18.8 Å². The fourth-order valence-corrected chi connectivity index (χ4v) is 3.62. The van der Waals surface area contributed by atoms with Gasteiger partial charge >= 0.3 is 0 Å². The van der Waals surface area contributed by atoms with Gasteiger partial charge in [0.25, 0.3) is 0 Å². The molecule has 0 saturated heterocycles. The topological polar surface area (TPSA) is 54.4 Å². The second-order valence-corrected chi connectivity index (χ2v) is 8.52. The third kappa shape index (κ3) is 2.59. The van der Waals surface area contributed by atoms with Crippen LogP contribution in [0, 0.1) is 16.7 Å². The molecule has 0 aromatic heterocycles. The molecule has 0 radical (unpaired) electrons. The van der Waals surface area contributed by atoms with Gasteiger partial charge in [-0.1, -0.05) is 27.7 Å². The van der Waals surface area contributed by atoms with Gasteiger partial charge in [0.15, 0.2) is 0 Å². The van der Waals surface area contributed by atoms with Crippen molar-refractivity contribution in [2.75, 3.05) is 12.0 Å². The highest BCUT2D eigenvalue weighted by atomic mass is 32.2. The average Bonchev–Trinajstić information content (AvgIpc) is 2.39. The molecule has 0 bridgehead atoms. The number of hydrogen-bond acceptors (Lipinski definition) is 3.